The molecule has 17 heavy (non-hydrogen) atoms. The topological polar surface area (TPSA) is 46.2 Å². The lowest BCUT2D eigenvalue weighted by Gasteiger charge is -2.21. The minimum absolute atomic E-state index is 0.0532. The molecule has 0 radical (unpaired) electrons. The summed E-state index contributed by atoms with van der Waals surface area (Å²) in [5.41, 5.74) is 7.13. The lowest BCUT2D eigenvalue weighted by atomic mass is 10.1. The van der Waals surface area contributed by atoms with Crippen LogP contribution in [0.5, 0.6) is 0 Å². The molecule has 0 aliphatic carbocycles. The average molecular weight is 274 g/mol. The van der Waals surface area contributed by atoms with E-state index in [2.05, 4.69) is 6.92 Å². The van der Waals surface area contributed by atoms with Gasteiger partial charge in [0.2, 0.25) is 0 Å². The Morgan fingerprint density at radius 3 is 2.71 bits per heavy atom. The maximum atomic E-state index is 9.34. The molecule has 0 fully saturated rings. The monoisotopic (exact) mass is 273 g/mol. The zero-order valence-corrected chi connectivity index (χ0v) is 11.7. The first-order valence-electron chi connectivity index (χ1n) is 5.90. The molecule has 0 aromatic heterocycles. The Kier molecular flexibility index (Phi) is 6.97. The van der Waals surface area contributed by atoms with Crippen molar-refractivity contribution in [2.45, 2.75) is 36.8 Å². The summed E-state index contributed by atoms with van der Waals surface area (Å²) in [5, 5.41) is 10.2. The second kappa shape index (κ2) is 7.98. The van der Waals surface area contributed by atoms with Crippen LogP contribution in [0, 0.1) is 0 Å². The third kappa shape index (κ3) is 4.88. The quantitative estimate of drug-likeness (QED) is 0.803. The van der Waals surface area contributed by atoms with Crippen LogP contribution in [0.1, 0.15) is 25.3 Å². The van der Waals surface area contributed by atoms with E-state index in [4.69, 9.17) is 17.3 Å². The van der Waals surface area contributed by atoms with Gasteiger partial charge < -0.3 is 10.8 Å². The molecule has 2 atom stereocenters. The van der Waals surface area contributed by atoms with Crippen molar-refractivity contribution in [3.63, 3.8) is 0 Å². The van der Waals surface area contributed by atoms with Gasteiger partial charge in [-0.25, -0.2) is 0 Å². The normalized spacial score (nSPS) is 14.6. The molecule has 0 amide bonds. The maximum Gasteiger partial charge on any atom is 0.0565 e. The Labute approximate surface area is 113 Å². The molecule has 2 nitrogen and oxygen atoms in total. The summed E-state index contributed by atoms with van der Waals surface area (Å²) < 4.78 is 0. The molecule has 3 N–H and O–H groups in total. The molecule has 1 aromatic carbocycles. The molecule has 0 aliphatic heterocycles. The van der Waals surface area contributed by atoms with Gasteiger partial charge in [0.05, 0.1) is 6.61 Å². The van der Waals surface area contributed by atoms with Crippen molar-refractivity contribution < 1.29 is 5.11 Å². The number of aliphatic hydroxyl groups is 1. The molecule has 2 unspecified atom stereocenters. The van der Waals surface area contributed by atoms with Gasteiger partial charge in [-0.1, -0.05) is 43.1 Å². The van der Waals surface area contributed by atoms with Crippen molar-refractivity contribution >= 4 is 23.4 Å². The molecular formula is C13H20ClNOS. The molecule has 0 saturated carbocycles. The predicted octanol–water partition coefficient (Wildman–Crippen LogP) is 3.06. The SMILES string of the molecule is CCCC(N)C(CO)SCc1ccccc1Cl. The maximum absolute atomic E-state index is 9.34. The average Bonchev–Trinajstić information content (AvgIpc) is 2.32. The number of thioether (sulfide) groups is 1. The Morgan fingerprint density at radius 1 is 1.41 bits per heavy atom. The number of nitrogens with two attached hydrogens (primary N) is 1. The predicted molar refractivity (Wildman–Crippen MR) is 76.5 cm³/mol. The highest BCUT2D eigenvalue weighted by atomic mass is 35.5. The van der Waals surface area contributed by atoms with Crippen LogP contribution in [0.4, 0.5) is 0 Å². The van der Waals surface area contributed by atoms with Crippen molar-refractivity contribution in [3.05, 3.63) is 34.9 Å². The Bertz CT molecular complexity index is 335. The van der Waals surface area contributed by atoms with Crippen LogP contribution >= 0.6 is 23.4 Å². The van der Waals surface area contributed by atoms with E-state index in [0.29, 0.717) is 0 Å². The van der Waals surface area contributed by atoms with Crippen molar-refractivity contribution in [2.75, 3.05) is 6.61 Å². The van der Waals surface area contributed by atoms with E-state index in [1.807, 2.05) is 24.3 Å². The highest BCUT2D eigenvalue weighted by Crippen LogP contribution is 2.25. The first-order chi connectivity index (χ1) is 8.19. The second-order valence-electron chi connectivity index (χ2n) is 4.08. The first kappa shape index (κ1) is 14.8. The summed E-state index contributed by atoms with van der Waals surface area (Å²) in [6, 6.07) is 7.84. The van der Waals surface area contributed by atoms with Gasteiger partial charge >= 0.3 is 0 Å². The van der Waals surface area contributed by atoms with E-state index >= 15 is 0 Å². The van der Waals surface area contributed by atoms with Crippen LogP contribution in [-0.4, -0.2) is 23.0 Å². The summed E-state index contributed by atoms with van der Waals surface area (Å²) in [6.07, 6.45) is 1.99. The molecule has 4 heteroatoms. The number of benzene rings is 1. The highest BCUT2D eigenvalue weighted by molar-refractivity contribution is 7.99. The second-order valence-corrected chi connectivity index (χ2v) is 5.71. The van der Waals surface area contributed by atoms with E-state index in [0.717, 1.165) is 29.2 Å². The molecule has 0 saturated heterocycles. The summed E-state index contributed by atoms with van der Waals surface area (Å²) in [6.45, 7) is 2.23. The number of hydrogen-bond acceptors (Lipinski definition) is 3. The lowest BCUT2D eigenvalue weighted by molar-refractivity contribution is 0.279. The van der Waals surface area contributed by atoms with Crippen molar-refractivity contribution in [1.29, 1.82) is 0 Å². The molecule has 0 spiro atoms. The Hall–Kier alpha value is -0.220. The van der Waals surface area contributed by atoms with Crippen LogP contribution in [0.25, 0.3) is 0 Å². The molecule has 0 aliphatic rings. The zero-order valence-electron chi connectivity index (χ0n) is 10.1. The van der Waals surface area contributed by atoms with Crippen LogP contribution < -0.4 is 5.73 Å². The molecule has 96 valence electrons. The fraction of sp³-hybridized carbons (Fsp3) is 0.538. The minimum Gasteiger partial charge on any atom is -0.395 e. The van der Waals surface area contributed by atoms with E-state index in [1.165, 1.54) is 0 Å². The molecule has 0 heterocycles. The van der Waals surface area contributed by atoms with Crippen molar-refractivity contribution in [2.24, 2.45) is 5.73 Å². The number of rotatable bonds is 7. The van der Waals surface area contributed by atoms with Gasteiger partial charge in [0.1, 0.15) is 0 Å². The summed E-state index contributed by atoms with van der Waals surface area (Å²) >= 11 is 7.76. The van der Waals surface area contributed by atoms with Crippen LogP contribution in [0.2, 0.25) is 5.02 Å². The summed E-state index contributed by atoms with van der Waals surface area (Å²) in [4.78, 5) is 0. The van der Waals surface area contributed by atoms with E-state index < -0.39 is 0 Å². The Morgan fingerprint density at radius 2 is 2.12 bits per heavy atom. The fourth-order valence-electron chi connectivity index (χ4n) is 1.64. The van der Waals surface area contributed by atoms with E-state index in [9.17, 15) is 5.11 Å². The Balaban J connectivity index is 2.50. The molecule has 1 aromatic rings. The summed E-state index contributed by atoms with van der Waals surface area (Å²) in [7, 11) is 0. The van der Waals surface area contributed by atoms with Crippen LogP contribution in [0.3, 0.4) is 0 Å². The van der Waals surface area contributed by atoms with Crippen molar-refractivity contribution in [1.82, 2.24) is 0 Å². The van der Waals surface area contributed by atoms with Gasteiger partial charge in [0.25, 0.3) is 0 Å². The zero-order chi connectivity index (χ0) is 12.7. The third-order valence-electron chi connectivity index (χ3n) is 2.69. The van der Waals surface area contributed by atoms with Crippen LogP contribution in [0.15, 0.2) is 24.3 Å². The smallest absolute Gasteiger partial charge is 0.0565 e. The molecular weight excluding hydrogens is 254 g/mol. The van der Waals surface area contributed by atoms with Gasteiger partial charge in [-0.15, -0.1) is 11.8 Å². The summed E-state index contributed by atoms with van der Waals surface area (Å²) in [5.74, 6) is 0.794. The van der Waals surface area contributed by atoms with Gasteiger partial charge in [-0.3, -0.25) is 0 Å². The van der Waals surface area contributed by atoms with E-state index in [-0.39, 0.29) is 17.9 Å². The van der Waals surface area contributed by atoms with Crippen molar-refractivity contribution in [3.8, 4) is 0 Å². The minimum atomic E-state index is 0.0532. The van der Waals surface area contributed by atoms with E-state index in [1.54, 1.807) is 11.8 Å². The van der Waals surface area contributed by atoms with Gasteiger partial charge in [-0.2, -0.15) is 0 Å². The molecule has 0 bridgehead atoms. The van der Waals surface area contributed by atoms with Crippen LogP contribution in [-0.2, 0) is 5.75 Å². The molecule has 1 rings (SSSR count). The highest BCUT2D eigenvalue weighted by Gasteiger charge is 2.17. The standard InChI is InChI=1S/C13H20ClNOS/c1-2-5-12(15)13(8-16)17-9-10-6-3-4-7-11(10)14/h3-4,6-7,12-13,16H,2,5,8-9,15H2,1H3. The number of aliphatic hydroxyl groups excluding tert-OH is 1. The largest absolute Gasteiger partial charge is 0.395 e. The first-order valence-corrected chi connectivity index (χ1v) is 7.33. The number of hydrogen-bond donors (Lipinski definition) is 2. The van der Waals surface area contributed by atoms with Gasteiger partial charge in [0, 0.05) is 22.1 Å². The fourth-order valence-corrected chi connectivity index (χ4v) is 3.06. The lowest BCUT2D eigenvalue weighted by Crippen LogP contribution is -2.34. The number of halogens is 1. The van der Waals surface area contributed by atoms with Gasteiger partial charge in [0.15, 0.2) is 0 Å². The van der Waals surface area contributed by atoms with Gasteiger partial charge in [-0.05, 0) is 18.1 Å². The third-order valence-corrected chi connectivity index (χ3v) is 4.46.